The minimum absolute atomic E-state index is 0.271. The van der Waals surface area contributed by atoms with E-state index in [-0.39, 0.29) is 5.92 Å². The molecule has 0 saturated heterocycles. The fourth-order valence-electron chi connectivity index (χ4n) is 2.61. The molecule has 0 aromatic rings. The smallest absolute Gasteiger partial charge is 0.0314 e. The molecule has 1 N–H and O–H groups in total. The van der Waals surface area contributed by atoms with E-state index in [4.69, 9.17) is 23.2 Å². The van der Waals surface area contributed by atoms with Gasteiger partial charge in [-0.05, 0) is 42.7 Å². The highest BCUT2D eigenvalue weighted by molar-refractivity contribution is 6.25. The van der Waals surface area contributed by atoms with Gasteiger partial charge in [0.1, 0.15) is 0 Å². The van der Waals surface area contributed by atoms with Crippen LogP contribution in [-0.4, -0.2) is 13.1 Å². The second-order valence-corrected chi connectivity index (χ2v) is 5.14. The summed E-state index contributed by atoms with van der Waals surface area (Å²) in [6.45, 7) is 8.04. The van der Waals surface area contributed by atoms with E-state index in [0.717, 1.165) is 24.0 Å². The molecule has 2 atom stereocenters. The van der Waals surface area contributed by atoms with Gasteiger partial charge in [0.2, 0.25) is 0 Å². The van der Waals surface area contributed by atoms with Crippen molar-refractivity contribution in [2.45, 2.75) is 18.9 Å². The molecular weight excluding hydrogens is 289 g/mol. The summed E-state index contributed by atoms with van der Waals surface area (Å²) < 4.78 is 0. The molecule has 1 saturated carbocycles. The average Bonchev–Trinajstić information content (AvgIpc) is 2.46. The molecule has 1 fully saturated rings. The lowest BCUT2D eigenvalue weighted by atomic mass is 9.74. The minimum atomic E-state index is 0.271. The summed E-state index contributed by atoms with van der Waals surface area (Å²) in [6, 6.07) is 0.322. The van der Waals surface area contributed by atoms with Gasteiger partial charge in [0.05, 0.1) is 0 Å². The van der Waals surface area contributed by atoms with Crippen LogP contribution in [0, 0.1) is 5.92 Å². The average molecular weight is 310 g/mol. The minimum Gasteiger partial charge on any atom is -0.313 e. The van der Waals surface area contributed by atoms with Crippen LogP contribution >= 0.6 is 23.2 Å². The van der Waals surface area contributed by atoms with Crippen LogP contribution in [0.25, 0.3) is 0 Å². The zero-order valence-corrected chi connectivity index (χ0v) is 13.3. The van der Waals surface area contributed by atoms with Crippen molar-refractivity contribution in [1.82, 2.24) is 5.32 Å². The fourth-order valence-corrected chi connectivity index (χ4v) is 2.83. The maximum atomic E-state index is 5.76. The summed E-state index contributed by atoms with van der Waals surface area (Å²) in [5, 5.41) is 3.30. The van der Waals surface area contributed by atoms with E-state index < -0.39 is 0 Å². The Bertz CT molecular complexity index is 469. The Morgan fingerprint density at radius 3 is 2.60 bits per heavy atom. The van der Waals surface area contributed by atoms with E-state index >= 15 is 0 Å². The Hall–Kier alpha value is -1.02. The molecule has 0 aromatic carbocycles. The van der Waals surface area contributed by atoms with Gasteiger partial charge in [-0.15, -0.1) is 0 Å². The molecule has 0 bridgehead atoms. The van der Waals surface area contributed by atoms with E-state index in [9.17, 15) is 0 Å². The Morgan fingerprint density at radius 1 is 1.30 bits per heavy atom. The van der Waals surface area contributed by atoms with Gasteiger partial charge in [0, 0.05) is 23.0 Å². The summed E-state index contributed by atoms with van der Waals surface area (Å²) in [5.41, 5.74) is 6.47. The molecule has 0 spiro atoms. The number of allylic oxidation sites excluding steroid dienone is 6. The Balaban J connectivity index is 3.16. The molecule has 0 aromatic heterocycles. The Morgan fingerprint density at radius 2 is 2.05 bits per heavy atom. The number of nitrogens with one attached hydrogen (secondary N) is 1. The molecule has 1 nitrogen and oxygen atoms in total. The van der Waals surface area contributed by atoms with Crippen LogP contribution in [-0.2, 0) is 0 Å². The van der Waals surface area contributed by atoms with Crippen molar-refractivity contribution < 1.29 is 0 Å². The van der Waals surface area contributed by atoms with Crippen molar-refractivity contribution in [1.29, 1.82) is 0 Å². The molecular formula is C17H21Cl2N. The second kappa shape index (κ2) is 9.02. The summed E-state index contributed by atoms with van der Waals surface area (Å²) in [4.78, 5) is 0. The first-order valence-corrected chi connectivity index (χ1v) is 7.49. The lowest BCUT2D eigenvalue weighted by molar-refractivity contribution is 0.476. The number of likely N-dealkylation sites (N-methyl/N-ethyl adjacent to an activating group) is 1. The maximum Gasteiger partial charge on any atom is 0.0314 e. The van der Waals surface area contributed by atoms with E-state index in [1.54, 1.807) is 0 Å². The zero-order chi connectivity index (χ0) is 15.0. The van der Waals surface area contributed by atoms with Crippen molar-refractivity contribution in [2.24, 2.45) is 5.92 Å². The van der Waals surface area contributed by atoms with Crippen molar-refractivity contribution in [3.8, 4) is 0 Å². The lowest BCUT2D eigenvalue weighted by Gasteiger charge is -2.34. The van der Waals surface area contributed by atoms with Crippen LogP contribution in [0.4, 0.5) is 0 Å². The quantitative estimate of drug-likeness (QED) is 0.698. The molecule has 108 valence electrons. The molecule has 2 unspecified atom stereocenters. The van der Waals surface area contributed by atoms with E-state index in [2.05, 4.69) is 18.5 Å². The summed E-state index contributed by atoms with van der Waals surface area (Å²) >= 11 is 11.4. The topological polar surface area (TPSA) is 12.0 Å². The number of rotatable bonds is 5. The molecule has 1 aliphatic carbocycles. The molecule has 0 heterocycles. The van der Waals surface area contributed by atoms with Gasteiger partial charge < -0.3 is 5.32 Å². The standard InChI is InChI=1S/C17H21Cl2N/c1-4-6-15-13(2)17(20-3)9-8-16(15)14(10-12-19)7-5-11-18/h4-7,10-12,16-17,20H,1-2,8-9H2,3H3/b11-5+,12-10+,14-7+,15-6+. The first-order chi connectivity index (χ1) is 9.69. The van der Waals surface area contributed by atoms with Crippen LogP contribution in [0.2, 0.25) is 0 Å². The molecule has 1 rings (SSSR count). The second-order valence-electron chi connectivity index (χ2n) is 4.63. The zero-order valence-electron chi connectivity index (χ0n) is 11.8. The van der Waals surface area contributed by atoms with Crippen LogP contribution in [0.3, 0.4) is 0 Å². The lowest BCUT2D eigenvalue weighted by Crippen LogP contribution is -2.34. The van der Waals surface area contributed by atoms with Gasteiger partial charge in [0.15, 0.2) is 0 Å². The first-order valence-electron chi connectivity index (χ1n) is 6.62. The van der Waals surface area contributed by atoms with Gasteiger partial charge >= 0.3 is 0 Å². The van der Waals surface area contributed by atoms with Crippen molar-refractivity contribution >= 4 is 23.2 Å². The monoisotopic (exact) mass is 309 g/mol. The third-order valence-corrected chi connectivity index (χ3v) is 3.85. The molecule has 3 heteroatoms. The number of halogens is 2. The van der Waals surface area contributed by atoms with Crippen molar-refractivity contribution in [3.05, 3.63) is 71.3 Å². The third-order valence-electron chi connectivity index (χ3n) is 3.58. The van der Waals surface area contributed by atoms with Crippen LogP contribution in [0.1, 0.15) is 12.8 Å². The van der Waals surface area contributed by atoms with Crippen LogP contribution in [0.5, 0.6) is 0 Å². The van der Waals surface area contributed by atoms with Gasteiger partial charge in [-0.2, -0.15) is 0 Å². The summed E-state index contributed by atoms with van der Waals surface area (Å²) in [6.07, 6.45) is 11.6. The normalized spacial score (nSPS) is 26.9. The molecule has 0 radical (unpaired) electrons. The molecule has 1 aliphatic rings. The highest BCUT2D eigenvalue weighted by Gasteiger charge is 2.28. The Kier molecular flexibility index (Phi) is 7.68. The van der Waals surface area contributed by atoms with Crippen LogP contribution in [0.15, 0.2) is 71.3 Å². The van der Waals surface area contributed by atoms with E-state index in [1.807, 2.05) is 37.4 Å². The third kappa shape index (κ3) is 4.24. The first kappa shape index (κ1) is 17.0. The van der Waals surface area contributed by atoms with Gasteiger partial charge in [-0.3, -0.25) is 0 Å². The number of hydrogen-bond donors (Lipinski definition) is 1. The highest BCUT2D eigenvalue weighted by atomic mass is 35.5. The van der Waals surface area contributed by atoms with Gasteiger partial charge in [0.25, 0.3) is 0 Å². The van der Waals surface area contributed by atoms with E-state index in [0.29, 0.717) is 6.04 Å². The van der Waals surface area contributed by atoms with Crippen molar-refractivity contribution in [3.63, 3.8) is 0 Å². The maximum absolute atomic E-state index is 5.76. The predicted molar refractivity (Wildman–Crippen MR) is 91.1 cm³/mol. The number of hydrogen-bond acceptors (Lipinski definition) is 1. The van der Waals surface area contributed by atoms with Gasteiger partial charge in [-0.25, -0.2) is 0 Å². The molecule has 0 amide bonds. The summed E-state index contributed by atoms with van der Waals surface area (Å²) in [5.74, 6) is 0.271. The predicted octanol–water partition coefficient (Wildman–Crippen LogP) is 5.08. The van der Waals surface area contributed by atoms with Crippen LogP contribution < -0.4 is 5.32 Å². The SMILES string of the molecule is C=C/C=C1\C(=C)C(NC)CCC1C(=C/C=C/Cl)/C=C/Cl. The molecule has 0 aliphatic heterocycles. The van der Waals surface area contributed by atoms with E-state index in [1.165, 1.54) is 16.6 Å². The fraction of sp³-hybridized carbons (Fsp3) is 0.294. The Labute approximate surface area is 132 Å². The van der Waals surface area contributed by atoms with Crippen molar-refractivity contribution in [2.75, 3.05) is 7.05 Å². The largest absolute Gasteiger partial charge is 0.313 e. The molecule has 20 heavy (non-hydrogen) atoms. The van der Waals surface area contributed by atoms with Gasteiger partial charge in [-0.1, -0.05) is 60.7 Å². The summed E-state index contributed by atoms with van der Waals surface area (Å²) in [7, 11) is 1.97. The highest BCUT2D eigenvalue weighted by Crippen LogP contribution is 2.38.